The van der Waals surface area contributed by atoms with Gasteiger partial charge in [-0.3, -0.25) is 4.79 Å². The van der Waals surface area contributed by atoms with Gasteiger partial charge in [0.1, 0.15) is 0 Å². The molecule has 2 aliphatic heterocycles. The first-order valence-electron chi connectivity index (χ1n) is 10.6. The molecule has 1 amide bonds. The van der Waals surface area contributed by atoms with Gasteiger partial charge in [-0.2, -0.15) is 4.31 Å². The highest BCUT2D eigenvalue weighted by Gasteiger charge is 2.27. The van der Waals surface area contributed by atoms with Crippen molar-refractivity contribution in [1.29, 1.82) is 0 Å². The molecule has 1 fully saturated rings. The van der Waals surface area contributed by atoms with Crippen molar-refractivity contribution in [3.8, 4) is 0 Å². The maximum Gasteiger partial charge on any atom is 0.243 e. The molecule has 0 saturated carbocycles. The Labute approximate surface area is 179 Å². The third-order valence-electron chi connectivity index (χ3n) is 6.08. The highest BCUT2D eigenvalue weighted by Crippen LogP contribution is 2.24. The lowest BCUT2D eigenvalue weighted by atomic mass is 10.1. The molecule has 7 heteroatoms. The molecule has 1 saturated heterocycles. The Morgan fingerprint density at radius 2 is 1.63 bits per heavy atom. The molecule has 2 aliphatic rings. The Morgan fingerprint density at radius 3 is 2.37 bits per heavy atom. The van der Waals surface area contributed by atoms with Crippen molar-refractivity contribution in [3.05, 3.63) is 59.7 Å². The van der Waals surface area contributed by atoms with Crippen LogP contribution in [-0.4, -0.2) is 56.8 Å². The van der Waals surface area contributed by atoms with Gasteiger partial charge in [0.2, 0.25) is 15.9 Å². The molecule has 0 aromatic heterocycles. The molecule has 30 heavy (non-hydrogen) atoms. The second-order valence-corrected chi connectivity index (χ2v) is 10.1. The Kier molecular flexibility index (Phi) is 6.11. The van der Waals surface area contributed by atoms with Gasteiger partial charge in [0.15, 0.2) is 0 Å². The Bertz CT molecular complexity index is 999. The van der Waals surface area contributed by atoms with Gasteiger partial charge in [0.25, 0.3) is 0 Å². The monoisotopic (exact) mass is 427 g/mol. The molecule has 0 unspecified atom stereocenters. The number of benzene rings is 2. The first-order valence-corrected chi connectivity index (χ1v) is 12.0. The van der Waals surface area contributed by atoms with E-state index in [2.05, 4.69) is 24.1 Å². The van der Waals surface area contributed by atoms with E-state index in [9.17, 15) is 13.2 Å². The highest BCUT2D eigenvalue weighted by molar-refractivity contribution is 7.89. The summed E-state index contributed by atoms with van der Waals surface area (Å²) >= 11 is 0. The zero-order chi connectivity index (χ0) is 21.1. The molecule has 2 heterocycles. The molecule has 0 radical (unpaired) electrons. The van der Waals surface area contributed by atoms with Gasteiger partial charge < -0.3 is 9.80 Å². The fourth-order valence-corrected chi connectivity index (χ4v) is 5.74. The van der Waals surface area contributed by atoms with Crippen molar-refractivity contribution < 1.29 is 13.2 Å². The van der Waals surface area contributed by atoms with E-state index in [-0.39, 0.29) is 5.91 Å². The van der Waals surface area contributed by atoms with Crippen molar-refractivity contribution in [2.24, 2.45) is 0 Å². The number of nitrogens with zero attached hydrogens (tertiary/aromatic N) is 3. The van der Waals surface area contributed by atoms with Gasteiger partial charge in [-0.1, -0.05) is 30.3 Å². The highest BCUT2D eigenvalue weighted by atomic mass is 32.2. The molecule has 0 bridgehead atoms. The summed E-state index contributed by atoms with van der Waals surface area (Å²) in [5.74, 6) is 0.133. The van der Waals surface area contributed by atoms with Crippen molar-refractivity contribution in [3.63, 3.8) is 0 Å². The zero-order valence-corrected chi connectivity index (χ0v) is 18.3. The number of aryl methyl sites for hydroxylation is 1. The SMILES string of the molecule is CN1CCN(C(=O)CCc2ccc(S(=O)(=O)N3CCCC3)cc2)Cc2ccccc21. The number of carbonyl (C=O) groups is 1. The largest absolute Gasteiger partial charge is 0.373 e. The van der Waals surface area contributed by atoms with Crippen LogP contribution in [0.15, 0.2) is 53.4 Å². The summed E-state index contributed by atoms with van der Waals surface area (Å²) in [6.07, 6.45) is 2.88. The lowest BCUT2D eigenvalue weighted by Crippen LogP contribution is -2.34. The molecule has 4 rings (SSSR count). The number of anilines is 1. The normalized spacial score (nSPS) is 17.6. The average molecular weight is 428 g/mol. The summed E-state index contributed by atoms with van der Waals surface area (Å²) in [5.41, 5.74) is 3.33. The predicted molar refractivity (Wildman–Crippen MR) is 118 cm³/mol. The van der Waals surface area contributed by atoms with Crippen molar-refractivity contribution in [2.75, 3.05) is 38.1 Å². The molecule has 2 aromatic carbocycles. The Hall–Kier alpha value is -2.38. The fourth-order valence-electron chi connectivity index (χ4n) is 4.22. The van der Waals surface area contributed by atoms with E-state index >= 15 is 0 Å². The number of sulfonamides is 1. The number of likely N-dealkylation sites (N-methyl/N-ethyl adjacent to an activating group) is 1. The van der Waals surface area contributed by atoms with Crippen LogP contribution in [0, 0.1) is 0 Å². The van der Waals surface area contributed by atoms with Crippen LogP contribution in [0.5, 0.6) is 0 Å². The number of para-hydroxylation sites is 1. The van der Waals surface area contributed by atoms with Crippen LogP contribution in [0.25, 0.3) is 0 Å². The van der Waals surface area contributed by atoms with E-state index in [1.54, 1.807) is 16.4 Å². The second-order valence-electron chi connectivity index (χ2n) is 8.12. The third kappa shape index (κ3) is 4.37. The fraction of sp³-hybridized carbons (Fsp3) is 0.435. The number of amides is 1. The van der Waals surface area contributed by atoms with Crippen LogP contribution in [0.1, 0.15) is 30.4 Å². The Morgan fingerprint density at radius 1 is 0.933 bits per heavy atom. The predicted octanol–water partition coefficient (Wildman–Crippen LogP) is 2.88. The summed E-state index contributed by atoms with van der Waals surface area (Å²) < 4.78 is 26.8. The molecule has 0 atom stereocenters. The van der Waals surface area contributed by atoms with Gasteiger partial charge in [-0.05, 0) is 48.6 Å². The maximum absolute atomic E-state index is 12.8. The number of hydrogen-bond donors (Lipinski definition) is 0. The van der Waals surface area contributed by atoms with E-state index in [0.717, 1.165) is 24.9 Å². The maximum atomic E-state index is 12.8. The van der Waals surface area contributed by atoms with Crippen LogP contribution < -0.4 is 4.90 Å². The molecule has 2 aromatic rings. The van der Waals surface area contributed by atoms with Gasteiger partial charge in [0, 0.05) is 51.9 Å². The van der Waals surface area contributed by atoms with Gasteiger partial charge in [-0.25, -0.2) is 8.42 Å². The van der Waals surface area contributed by atoms with Crippen LogP contribution in [0.4, 0.5) is 5.69 Å². The van der Waals surface area contributed by atoms with E-state index < -0.39 is 10.0 Å². The quantitative estimate of drug-likeness (QED) is 0.736. The van der Waals surface area contributed by atoms with Gasteiger partial charge in [-0.15, -0.1) is 0 Å². The number of fused-ring (bicyclic) bond motifs is 1. The van der Waals surface area contributed by atoms with E-state index in [4.69, 9.17) is 0 Å². The van der Waals surface area contributed by atoms with Gasteiger partial charge in [0.05, 0.1) is 4.90 Å². The number of carbonyl (C=O) groups excluding carboxylic acids is 1. The number of hydrogen-bond acceptors (Lipinski definition) is 4. The smallest absolute Gasteiger partial charge is 0.243 e. The Balaban J connectivity index is 1.37. The zero-order valence-electron chi connectivity index (χ0n) is 17.5. The molecule has 160 valence electrons. The minimum atomic E-state index is -3.39. The summed E-state index contributed by atoms with van der Waals surface area (Å²) in [5, 5.41) is 0. The van der Waals surface area contributed by atoms with Crippen LogP contribution >= 0.6 is 0 Å². The minimum Gasteiger partial charge on any atom is -0.373 e. The summed E-state index contributed by atoms with van der Waals surface area (Å²) in [6, 6.07) is 15.2. The lowest BCUT2D eigenvalue weighted by molar-refractivity contribution is -0.131. The van der Waals surface area contributed by atoms with Crippen LogP contribution in [0.2, 0.25) is 0 Å². The summed E-state index contributed by atoms with van der Waals surface area (Å²) in [6.45, 7) is 3.36. The van der Waals surface area contributed by atoms with Crippen LogP contribution in [0.3, 0.4) is 0 Å². The second kappa shape index (κ2) is 8.78. The number of rotatable bonds is 5. The minimum absolute atomic E-state index is 0.133. The molecule has 0 spiro atoms. The topological polar surface area (TPSA) is 60.9 Å². The summed E-state index contributed by atoms with van der Waals surface area (Å²) in [7, 11) is -1.33. The van der Waals surface area contributed by atoms with E-state index in [0.29, 0.717) is 43.9 Å². The molecule has 0 aliphatic carbocycles. The lowest BCUT2D eigenvalue weighted by Gasteiger charge is -2.21. The first kappa shape index (κ1) is 20.9. The van der Waals surface area contributed by atoms with Crippen LogP contribution in [-0.2, 0) is 27.8 Å². The van der Waals surface area contributed by atoms with Crippen molar-refractivity contribution in [2.45, 2.75) is 37.1 Å². The van der Waals surface area contributed by atoms with E-state index in [1.807, 2.05) is 29.2 Å². The standard InChI is InChI=1S/C23H29N3O3S/c1-24-16-17-25(18-20-6-2-3-7-22(20)24)23(27)13-10-19-8-11-21(12-9-19)30(28,29)26-14-4-5-15-26/h2-3,6-9,11-12H,4-5,10,13-18H2,1H3. The molecular formula is C23H29N3O3S. The van der Waals surface area contributed by atoms with E-state index in [1.165, 1.54) is 11.3 Å². The molecule has 6 nitrogen and oxygen atoms in total. The van der Waals surface area contributed by atoms with Gasteiger partial charge >= 0.3 is 0 Å². The first-order chi connectivity index (χ1) is 14.4. The average Bonchev–Trinajstić information content (AvgIpc) is 3.25. The summed E-state index contributed by atoms with van der Waals surface area (Å²) in [4.78, 5) is 17.3. The molecular weight excluding hydrogens is 398 g/mol. The molecule has 0 N–H and O–H groups in total. The van der Waals surface area contributed by atoms with Crippen molar-refractivity contribution >= 4 is 21.6 Å². The third-order valence-corrected chi connectivity index (χ3v) is 7.99. The van der Waals surface area contributed by atoms with Crippen molar-refractivity contribution in [1.82, 2.24) is 9.21 Å².